The summed E-state index contributed by atoms with van der Waals surface area (Å²) in [4.78, 5) is 11.8. The van der Waals surface area contributed by atoms with Gasteiger partial charge in [0.05, 0.1) is 6.61 Å². The Morgan fingerprint density at radius 3 is 2.35 bits per heavy atom. The first-order valence-electron chi connectivity index (χ1n) is 7.64. The normalized spacial score (nSPS) is 11.1. The maximum Gasteiger partial charge on any atom is 0.411 e. The first-order chi connectivity index (χ1) is 10.9. The molecule has 1 N–H and O–H groups in total. The van der Waals surface area contributed by atoms with Crippen molar-refractivity contribution in [2.24, 2.45) is 0 Å². The summed E-state index contributed by atoms with van der Waals surface area (Å²) >= 11 is 6.06. The predicted octanol–water partition coefficient (Wildman–Crippen LogP) is 5.43. The lowest BCUT2D eigenvalue weighted by Crippen LogP contribution is -2.16. The zero-order chi connectivity index (χ0) is 16.9. The molecule has 0 radical (unpaired) electrons. The van der Waals surface area contributed by atoms with Crippen LogP contribution in [0.25, 0.3) is 0 Å². The SMILES string of the molecule is CC(C)(C)c1ccc(NC(=O)OCCc2ccccc2Cl)cc1. The van der Waals surface area contributed by atoms with Gasteiger partial charge in [0.15, 0.2) is 0 Å². The van der Waals surface area contributed by atoms with Crippen LogP contribution in [0.4, 0.5) is 10.5 Å². The average Bonchev–Trinajstić information content (AvgIpc) is 2.49. The van der Waals surface area contributed by atoms with E-state index in [1.807, 2.05) is 48.5 Å². The molecule has 0 fully saturated rings. The van der Waals surface area contributed by atoms with Crippen molar-refractivity contribution in [1.29, 1.82) is 0 Å². The van der Waals surface area contributed by atoms with Crippen molar-refractivity contribution in [3.05, 3.63) is 64.7 Å². The van der Waals surface area contributed by atoms with Crippen LogP contribution in [0.5, 0.6) is 0 Å². The molecule has 2 aromatic rings. The van der Waals surface area contributed by atoms with Gasteiger partial charge in [-0.3, -0.25) is 5.32 Å². The Morgan fingerprint density at radius 2 is 1.74 bits per heavy atom. The fourth-order valence-corrected chi connectivity index (χ4v) is 2.39. The second kappa shape index (κ2) is 7.51. The van der Waals surface area contributed by atoms with Crippen LogP contribution in [0.15, 0.2) is 48.5 Å². The zero-order valence-corrected chi connectivity index (χ0v) is 14.5. The highest BCUT2D eigenvalue weighted by molar-refractivity contribution is 6.31. The maximum atomic E-state index is 11.8. The highest BCUT2D eigenvalue weighted by Gasteiger charge is 2.13. The van der Waals surface area contributed by atoms with E-state index < -0.39 is 6.09 Å². The fourth-order valence-electron chi connectivity index (χ4n) is 2.16. The Bertz CT molecular complexity index is 660. The Balaban J connectivity index is 1.82. The zero-order valence-electron chi connectivity index (χ0n) is 13.7. The first-order valence-corrected chi connectivity index (χ1v) is 8.02. The van der Waals surface area contributed by atoms with Crippen molar-refractivity contribution >= 4 is 23.4 Å². The molecule has 3 nitrogen and oxygen atoms in total. The van der Waals surface area contributed by atoms with Crippen LogP contribution in [0.1, 0.15) is 31.9 Å². The van der Waals surface area contributed by atoms with Crippen molar-refractivity contribution in [2.45, 2.75) is 32.6 Å². The summed E-state index contributed by atoms with van der Waals surface area (Å²) in [6.45, 7) is 6.74. The standard InChI is InChI=1S/C19H22ClNO2/c1-19(2,3)15-8-10-16(11-9-15)21-18(22)23-13-12-14-6-4-5-7-17(14)20/h4-11H,12-13H2,1-3H3,(H,21,22). The Hall–Kier alpha value is -2.00. The molecule has 0 saturated heterocycles. The van der Waals surface area contributed by atoms with Crippen LogP contribution < -0.4 is 5.32 Å². The summed E-state index contributed by atoms with van der Waals surface area (Å²) in [7, 11) is 0. The quantitative estimate of drug-likeness (QED) is 0.811. The molecule has 1 amide bonds. The second-order valence-corrected chi connectivity index (χ2v) is 6.84. The van der Waals surface area contributed by atoms with E-state index in [1.54, 1.807) is 0 Å². The third-order valence-electron chi connectivity index (χ3n) is 3.56. The van der Waals surface area contributed by atoms with Gasteiger partial charge in [-0.25, -0.2) is 4.79 Å². The molecule has 0 unspecified atom stereocenters. The lowest BCUT2D eigenvalue weighted by molar-refractivity contribution is 0.163. The fraction of sp³-hybridized carbons (Fsp3) is 0.316. The molecule has 0 bridgehead atoms. The molecule has 0 aliphatic carbocycles. The lowest BCUT2D eigenvalue weighted by atomic mass is 9.87. The Morgan fingerprint density at radius 1 is 1.09 bits per heavy atom. The van der Waals surface area contributed by atoms with Crippen LogP contribution >= 0.6 is 11.6 Å². The van der Waals surface area contributed by atoms with E-state index in [2.05, 4.69) is 26.1 Å². The van der Waals surface area contributed by atoms with E-state index in [0.717, 1.165) is 11.3 Å². The molecule has 0 heterocycles. The molecule has 0 saturated carbocycles. The lowest BCUT2D eigenvalue weighted by Gasteiger charge is -2.19. The van der Waals surface area contributed by atoms with Crippen molar-refractivity contribution in [1.82, 2.24) is 0 Å². The second-order valence-electron chi connectivity index (χ2n) is 6.43. The smallest absolute Gasteiger partial charge is 0.411 e. The number of benzene rings is 2. The van der Waals surface area contributed by atoms with E-state index in [4.69, 9.17) is 16.3 Å². The van der Waals surface area contributed by atoms with Gasteiger partial charge in [-0.05, 0) is 34.7 Å². The van der Waals surface area contributed by atoms with Crippen molar-refractivity contribution in [3.63, 3.8) is 0 Å². The van der Waals surface area contributed by atoms with E-state index in [0.29, 0.717) is 11.4 Å². The number of carbonyl (C=O) groups excluding carboxylic acids is 1. The number of nitrogens with one attached hydrogen (secondary N) is 1. The van der Waals surface area contributed by atoms with Gasteiger partial charge < -0.3 is 4.74 Å². The van der Waals surface area contributed by atoms with Crippen LogP contribution in [0.2, 0.25) is 5.02 Å². The summed E-state index contributed by atoms with van der Waals surface area (Å²) in [5.74, 6) is 0. The summed E-state index contributed by atoms with van der Waals surface area (Å²) in [6.07, 6.45) is 0.135. The van der Waals surface area contributed by atoms with Gasteiger partial charge in [-0.2, -0.15) is 0 Å². The van der Waals surface area contributed by atoms with Crippen molar-refractivity contribution in [2.75, 3.05) is 11.9 Å². The molecule has 0 aliphatic rings. The Kier molecular flexibility index (Phi) is 5.67. The number of rotatable bonds is 4. The van der Waals surface area contributed by atoms with Gasteiger partial charge in [0.25, 0.3) is 0 Å². The minimum atomic E-state index is -0.458. The van der Waals surface area contributed by atoms with Crippen LogP contribution in [-0.4, -0.2) is 12.7 Å². The topological polar surface area (TPSA) is 38.3 Å². The Labute approximate surface area is 142 Å². The maximum absolute atomic E-state index is 11.8. The summed E-state index contributed by atoms with van der Waals surface area (Å²) in [5.41, 5.74) is 3.00. The van der Waals surface area contributed by atoms with Gasteiger partial charge >= 0.3 is 6.09 Å². The largest absolute Gasteiger partial charge is 0.449 e. The average molecular weight is 332 g/mol. The highest BCUT2D eigenvalue weighted by atomic mass is 35.5. The summed E-state index contributed by atoms with van der Waals surface area (Å²) in [6, 6.07) is 15.3. The molecule has 23 heavy (non-hydrogen) atoms. The van der Waals surface area contributed by atoms with Gasteiger partial charge in [-0.15, -0.1) is 0 Å². The molecule has 2 rings (SSSR count). The van der Waals surface area contributed by atoms with E-state index in [9.17, 15) is 4.79 Å². The summed E-state index contributed by atoms with van der Waals surface area (Å²) in [5, 5.41) is 3.42. The molecule has 0 aliphatic heterocycles. The number of amides is 1. The van der Waals surface area contributed by atoms with Crippen molar-refractivity contribution in [3.8, 4) is 0 Å². The van der Waals surface area contributed by atoms with Gasteiger partial charge in [0.2, 0.25) is 0 Å². The molecule has 2 aromatic carbocycles. The number of hydrogen-bond acceptors (Lipinski definition) is 2. The number of hydrogen-bond donors (Lipinski definition) is 1. The van der Waals surface area contributed by atoms with Crippen molar-refractivity contribution < 1.29 is 9.53 Å². The molecule has 122 valence electrons. The summed E-state index contributed by atoms with van der Waals surface area (Å²) < 4.78 is 5.19. The molecule has 4 heteroatoms. The first kappa shape index (κ1) is 17.4. The molecular formula is C19H22ClNO2. The number of anilines is 1. The number of halogens is 1. The minimum absolute atomic E-state index is 0.0913. The number of ether oxygens (including phenoxy) is 1. The number of carbonyl (C=O) groups is 1. The minimum Gasteiger partial charge on any atom is -0.449 e. The van der Waals surface area contributed by atoms with Crippen LogP contribution in [0, 0.1) is 0 Å². The van der Waals surface area contributed by atoms with Gasteiger partial charge in [-0.1, -0.05) is 62.7 Å². The third-order valence-corrected chi connectivity index (χ3v) is 3.93. The molecule has 0 atom stereocenters. The molecule has 0 spiro atoms. The molecular weight excluding hydrogens is 310 g/mol. The van der Waals surface area contributed by atoms with Gasteiger partial charge in [0, 0.05) is 17.1 Å². The monoisotopic (exact) mass is 331 g/mol. The van der Waals surface area contributed by atoms with E-state index >= 15 is 0 Å². The highest BCUT2D eigenvalue weighted by Crippen LogP contribution is 2.23. The van der Waals surface area contributed by atoms with E-state index in [-0.39, 0.29) is 12.0 Å². The van der Waals surface area contributed by atoms with Crippen LogP contribution in [-0.2, 0) is 16.6 Å². The third kappa shape index (κ3) is 5.29. The van der Waals surface area contributed by atoms with Crippen LogP contribution in [0.3, 0.4) is 0 Å². The van der Waals surface area contributed by atoms with E-state index in [1.165, 1.54) is 5.56 Å². The predicted molar refractivity (Wildman–Crippen MR) is 95.3 cm³/mol. The van der Waals surface area contributed by atoms with Gasteiger partial charge in [0.1, 0.15) is 0 Å². The molecule has 0 aromatic heterocycles.